The molecule has 5 nitrogen and oxygen atoms in total. The van der Waals surface area contributed by atoms with Crippen molar-refractivity contribution >= 4 is 22.8 Å². The molecule has 110 valence electrons. The van der Waals surface area contributed by atoms with E-state index >= 15 is 0 Å². The number of carboxylic acids is 1. The minimum absolute atomic E-state index is 0.0318. The van der Waals surface area contributed by atoms with Gasteiger partial charge in [0.15, 0.2) is 0 Å². The number of aliphatic carboxylic acids is 1. The number of rotatable bonds is 4. The van der Waals surface area contributed by atoms with Crippen molar-refractivity contribution in [2.45, 2.75) is 19.3 Å². The quantitative estimate of drug-likeness (QED) is 0.907. The van der Waals surface area contributed by atoms with Crippen LogP contribution in [0, 0.1) is 5.92 Å². The summed E-state index contributed by atoms with van der Waals surface area (Å²) < 4.78 is 0. The highest BCUT2D eigenvalue weighted by Crippen LogP contribution is 2.23. The fourth-order valence-electron chi connectivity index (χ4n) is 2.94. The Kier molecular flexibility index (Phi) is 3.64. The van der Waals surface area contributed by atoms with Crippen LogP contribution in [0.15, 0.2) is 30.5 Å². The third-order valence-corrected chi connectivity index (χ3v) is 4.14. The Hall–Kier alpha value is -2.30. The molecule has 3 rings (SSSR count). The molecule has 1 aromatic carbocycles. The second-order valence-electron chi connectivity index (χ2n) is 5.62. The molecule has 21 heavy (non-hydrogen) atoms. The zero-order valence-electron chi connectivity index (χ0n) is 11.7. The van der Waals surface area contributed by atoms with E-state index < -0.39 is 5.97 Å². The Morgan fingerprint density at radius 1 is 1.33 bits per heavy atom. The van der Waals surface area contributed by atoms with Gasteiger partial charge in [-0.2, -0.15) is 0 Å². The van der Waals surface area contributed by atoms with Crippen LogP contribution in [0.4, 0.5) is 0 Å². The van der Waals surface area contributed by atoms with Crippen molar-refractivity contribution in [1.29, 1.82) is 0 Å². The lowest BCUT2D eigenvalue weighted by molar-refractivity contribution is -0.137. The number of nitrogens with zero attached hydrogens (tertiary/aromatic N) is 1. The van der Waals surface area contributed by atoms with Gasteiger partial charge in [0.25, 0.3) is 5.91 Å². The molecule has 0 saturated carbocycles. The third-order valence-electron chi connectivity index (χ3n) is 4.14. The average Bonchev–Trinajstić information content (AvgIpc) is 3.12. The first-order valence-electron chi connectivity index (χ1n) is 7.21. The highest BCUT2D eigenvalue weighted by molar-refractivity contribution is 5.98. The van der Waals surface area contributed by atoms with Crippen LogP contribution in [-0.4, -0.2) is 40.0 Å². The predicted molar refractivity (Wildman–Crippen MR) is 79.2 cm³/mol. The maximum atomic E-state index is 12.5. The van der Waals surface area contributed by atoms with E-state index in [1.165, 1.54) is 0 Å². The maximum absolute atomic E-state index is 12.5. The SMILES string of the molecule is O=C(O)CCC1CCN(C(=O)c2ccc3cc[nH]c3c2)C1. The van der Waals surface area contributed by atoms with Crippen LogP contribution in [0.1, 0.15) is 29.6 Å². The summed E-state index contributed by atoms with van der Waals surface area (Å²) in [4.78, 5) is 28.0. The van der Waals surface area contributed by atoms with E-state index in [2.05, 4.69) is 4.98 Å². The number of hydrogen-bond donors (Lipinski definition) is 2. The lowest BCUT2D eigenvalue weighted by Crippen LogP contribution is -2.28. The summed E-state index contributed by atoms with van der Waals surface area (Å²) in [7, 11) is 0. The summed E-state index contributed by atoms with van der Waals surface area (Å²) in [6, 6.07) is 7.64. The normalized spacial score (nSPS) is 18.3. The predicted octanol–water partition coefficient (Wildman–Crippen LogP) is 2.49. The Morgan fingerprint density at radius 3 is 3.00 bits per heavy atom. The third kappa shape index (κ3) is 2.91. The van der Waals surface area contributed by atoms with Crippen LogP contribution >= 0.6 is 0 Å². The fraction of sp³-hybridized carbons (Fsp3) is 0.375. The van der Waals surface area contributed by atoms with Gasteiger partial charge in [-0.25, -0.2) is 0 Å². The van der Waals surface area contributed by atoms with Crippen molar-refractivity contribution in [2.24, 2.45) is 5.92 Å². The number of carbonyl (C=O) groups is 2. The lowest BCUT2D eigenvalue weighted by Gasteiger charge is -2.16. The number of H-pyrrole nitrogens is 1. The topological polar surface area (TPSA) is 73.4 Å². The van der Waals surface area contributed by atoms with E-state index in [0.29, 0.717) is 31.0 Å². The number of hydrogen-bond acceptors (Lipinski definition) is 2. The van der Waals surface area contributed by atoms with Gasteiger partial charge in [0.1, 0.15) is 0 Å². The van der Waals surface area contributed by atoms with Crippen molar-refractivity contribution in [3.63, 3.8) is 0 Å². The molecule has 2 N–H and O–H groups in total. The molecule has 0 spiro atoms. The van der Waals surface area contributed by atoms with Gasteiger partial charge in [-0.05, 0) is 42.3 Å². The average molecular weight is 286 g/mol. The minimum Gasteiger partial charge on any atom is -0.481 e. The molecule has 1 unspecified atom stereocenters. The summed E-state index contributed by atoms with van der Waals surface area (Å²) >= 11 is 0. The van der Waals surface area contributed by atoms with Gasteiger partial charge in [0.2, 0.25) is 0 Å². The minimum atomic E-state index is -0.767. The standard InChI is InChI=1S/C16H18N2O3/c19-15(20)4-1-11-6-8-18(10-11)16(21)13-3-2-12-5-7-17-14(12)9-13/h2-3,5,7,9,11,17H,1,4,6,8,10H2,(H,19,20). The first-order chi connectivity index (χ1) is 10.1. The zero-order valence-corrected chi connectivity index (χ0v) is 11.7. The number of fused-ring (bicyclic) bond motifs is 1. The number of carboxylic acid groups (broad SMARTS) is 1. The Labute approximate surface area is 122 Å². The van der Waals surface area contributed by atoms with Crippen LogP contribution in [-0.2, 0) is 4.79 Å². The lowest BCUT2D eigenvalue weighted by atomic mass is 10.0. The number of amides is 1. The van der Waals surface area contributed by atoms with Crippen LogP contribution in [0.5, 0.6) is 0 Å². The smallest absolute Gasteiger partial charge is 0.303 e. The number of nitrogens with one attached hydrogen (secondary N) is 1. The van der Waals surface area contributed by atoms with Gasteiger partial charge in [0, 0.05) is 36.8 Å². The summed E-state index contributed by atoms with van der Waals surface area (Å²) in [5.74, 6) is -0.430. The highest BCUT2D eigenvalue weighted by Gasteiger charge is 2.27. The molecule has 1 aliphatic rings. The Balaban J connectivity index is 1.66. The molecule has 0 bridgehead atoms. The Morgan fingerprint density at radius 2 is 2.19 bits per heavy atom. The Bertz CT molecular complexity index is 677. The van der Waals surface area contributed by atoms with Crippen LogP contribution in [0.2, 0.25) is 0 Å². The van der Waals surface area contributed by atoms with Gasteiger partial charge >= 0.3 is 5.97 Å². The molecule has 0 aliphatic carbocycles. The maximum Gasteiger partial charge on any atom is 0.303 e. The molecular weight excluding hydrogens is 268 g/mol. The van der Waals surface area contributed by atoms with E-state index in [-0.39, 0.29) is 12.3 Å². The van der Waals surface area contributed by atoms with Crippen LogP contribution < -0.4 is 0 Å². The molecule has 1 aliphatic heterocycles. The molecule has 0 radical (unpaired) electrons. The van der Waals surface area contributed by atoms with E-state index in [1.54, 1.807) is 0 Å². The molecule has 5 heteroatoms. The van der Waals surface area contributed by atoms with Crippen molar-refractivity contribution in [3.8, 4) is 0 Å². The van der Waals surface area contributed by atoms with E-state index in [1.807, 2.05) is 35.4 Å². The monoisotopic (exact) mass is 286 g/mol. The summed E-state index contributed by atoms with van der Waals surface area (Å²) in [6.07, 6.45) is 3.58. The first-order valence-corrected chi connectivity index (χ1v) is 7.21. The van der Waals surface area contributed by atoms with Crippen molar-refractivity contribution in [2.75, 3.05) is 13.1 Å². The zero-order chi connectivity index (χ0) is 14.8. The summed E-state index contributed by atoms with van der Waals surface area (Å²) in [5, 5.41) is 9.81. The molecule has 1 fully saturated rings. The second kappa shape index (κ2) is 5.60. The van der Waals surface area contributed by atoms with Crippen LogP contribution in [0.3, 0.4) is 0 Å². The second-order valence-corrected chi connectivity index (χ2v) is 5.62. The summed E-state index contributed by atoms with van der Waals surface area (Å²) in [5.41, 5.74) is 1.64. The number of benzene rings is 1. The molecule has 1 aromatic heterocycles. The highest BCUT2D eigenvalue weighted by atomic mass is 16.4. The van der Waals surface area contributed by atoms with Gasteiger partial charge in [-0.3, -0.25) is 9.59 Å². The number of aromatic nitrogens is 1. The molecule has 2 aromatic rings. The molecule has 1 saturated heterocycles. The number of likely N-dealkylation sites (tertiary alicyclic amines) is 1. The molecule has 1 amide bonds. The largest absolute Gasteiger partial charge is 0.481 e. The molecule has 2 heterocycles. The summed E-state index contributed by atoms with van der Waals surface area (Å²) in [6.45, 7) is 1.38. The van der Waals surface area contributed by atoms with E-state index in [4.69, 9.17) is 5.11 Å². The van der Waals surface area contributed by atoms with Crippen LogP contribution in [0.25, 0.3) is 10.9 Å². The fourth-order valence-corrected chi connectivity index (χ4v) is 2.94. The van der Waals surface area contributed by atoms with Gasteiger partial charge in [-0.1, -0.05) is 6.07 Å². The molecular formula is C16H18N2O3. The molecule has 1 atom stereocenters. The van der Waals surface area contributed by atoms with Gasteiger partial charge in [-0.15, -0.1) is 0 Å². The van der Waals surface area contributed by atoms with Gasteiger partial charge < -0.3 is 15.0 Å². The van der Waals surface area contributed by atoms with E-state index in [9.17, 15) is 9.59 Å². The van der Waals surface area contributed by atoms with E-state index in [0.717, 1.165) is 17.3 Å². The van der Waals surface area contributed by atoms with Crippen molar-refractivity contribution < 1.29 is 14.7 Å². The number of carbonyl (C=O) groups excluding carboxylic acids is 1. The van der Waals surface area contributed by atoms with Gasteiger partial charge in [0.05, 0.1) is 0 Å². The van der Waals surface area contributed by atoms with Crippen molar-refractivity contribution in [1.82, 2.24) is 9.88 Å². The first kappa shape index (κ1) is 13.7. The number of aromatic amines is 1. The van der Waals surface area contributed by atoms with Crippen molar-refractivity contribution in [3.05, 3.63) is 36.0 Å².